The summed E-state index contributed by atoms with van der Waals surface area (Å²) in [7, 11) is 0. The molecule has 4 aliphatic rings. The van der Waals surface area contributed by atoms with E-state index >= 15 is 0 Å². The molecule has 0 amide bonds. The van der Waals surface area contributed by atoms with Gasteiger partial charge in [-0.05, 0) is 86.5 Å². The second kappa shape index (κ2) is 4.46. The third-order valence-corrected chi connectivity index (χ3v) is 8.23. The molecule has 0 aromatic carbocycles. The van der Waals surface area contributed by atoms with Crippen LogP contribution in [0.15, 0.2) is 0 Å². The fourth-order valence-corrected chi connectivity index (χ4v) is 6.94. The van der Waals surface area contributed by atoms with E-state index in [0.717, 1.165) is 23.8 Å². The highest BCUT2D eigenvalue weighted by Crippen LogP contribution is 2.63. The molecule has 3 saturated carbocycles. The normalized spacial score (nSPS) is 58.6. The lowest BCUT2D eigenvalue weighted by Crippen LogP contribution is -2.60. The lowest BCUT2D eigenvalue weighted by molar-refractivity contribution is -0.0874. The molecule has 0 bridgehead atoms. The number of fused-ring (bicyclic) bond motifs is 5. The maximum atomic E-state index is 6.50. The first-order valence-corrected chi connectivity index (χ1v) is 9.05. The molecular formula is C18H32N2. The van der Waals surface area contributed by atoms with Gasteiger partial charge in [0.1, 0.15) is 0 Å². The number of hydrogen-bond donors (Lipinski definition) is 2. The maximum absolute atomic E-state index is 6.50. The van der Waals surface area contributed by atoms with E-state index in [0.29, 0.717) is 16.9 Å². The van der Waals surface area contributed by atoms with Crippen molar-refractivity contribution in [2.75, 3.05) is 6.54 Å². The Labute approximate surface area is 124 Å². The summed E-state index contributed by atoms with van der Waals surface area (Å²) in [6.45, 7) is 6.38. The van der Waals surface area contributed by atoms with Gasteiger partial charge >= 0.3 is 0 Å². The summed E-state index contributed by atoms with van der Waals surface area (Å²) in [5, 5.41) is 3.85. The Morgan fingerprint density at radius 2 is 1.70 bits per heavy atom. The largest absolute Gasteiger partial charge is 0.327 e. The average Bonchev–Trinajstić information content (AvgIpc) is 2.74. The fraction of sp³-hybridized carbons (Fsp3) is 1.00. The Kier molecular flexibility index (Phi) is 3.03. The minimum Gasteiger partial charge on any atom is -0.327 e. The van der Waals surface area contributed by atoms with Gasteiger partial charge in [0.25, 0.3) is 0 Å². The highest BCUT2D eigenvalue weighted by Gasteiger charge is 2.59. The molecule has 0 radical (unpaired) electrons. The molecule has 1 saturated heterocycles. The van der Waals surface area contributed by atoms with Crippen molar-refractivity contribution in [3.05, 3.63) is 0 Å². The van der Waals surface area contributed by atoms with E-state index in [-0.39, 0.29) is 0 Å². The van der Waals surface area contributed by atoms with Crippen LogP contribution >= 0.6 is 0 Å². The summed E-state index contributed by atoms with van der Waals surface area (Å²) in [5.41, 5.74) is 7.54. The van der Waals surface area contributed by atoms with Gasteiger partial charge in [-0.1, -0.05) is 13.8 Å². The maximum Gasteiger partial charge on any atom is 0.0124 e. The molecule has 20 heavy (non-hydrogen) atoms. The quantitative estimate of drug-likeness (QED) is 0.712. The van der Waals surface area contributed by atoms with Gasteiger partial charge in [0.15, 0.2) is 0 Å². The topological polar surface area (TPSA) is 38.0 Å². The molecule has 1 aliphatic heterocycles. The molecule has 4 rings (SSSR count). The van der Waals surface area contributed by atoms with Gasteiger partial charge in [-0.3, -0.25) is 0 Å². The number of piperidine rings is 1. The van der Waals surface area contributed by atoms with E-state index in [1.807, 2.05) is 0 Å². The smallest absolute Gasteiger partial charge is 0.0124 e. The molecule has 0 aromatic rings. The standard InChI is InChI=1S/C18H32N2/c1-17-10-8-14-12(13(17)5-6-15(17)19)4-7-16-18(14,2)9-3-11-20-16/h12-16,20H,3-11,19H2,1-2H3/t12-,13-,14+,15?,16?,17-,18+/m0/s1. The molecular weight excluding hydrogens is 244 g/mol. The van der Waals surface area contributed by atoms with E-state index in [4.69, 9.17) is 5.73 Å². The van der Waals surface area contributed by atoms with Crippen LogP contribution < -0.4 is 11.1 Å². The molecule has 2 unspecified atom stereocenters. The number of nitrogens with one attached hydrogen (secondary N) is 1. The molecule has 3 aliphatic carbocycles. The molecule has 0 spiro atoms. The van der Waals surface area contributed by atoms with Crippen molar-refractivity contribution >= 4 is 0 Å². The Hall–Kier alpha value is -0.0800. The van der Waals surface area contributed by atoms with Crippen LogP contribution in [0.4, 0.5) is 0 Å². The van der Waals surface area contributed by atoms with Gasteiger partial charge in [-0.25, -0.2) is 0 Å². The number of nitrogens with two attached hydrogens (primary N) is 1. The minimum absolute atomic E-state index is 0.465. The first-order valence-electron chi connectivity index (χ1n) is 9.05. The van der Waals surface area contributed by atoms with Crippen LogP contribution in [0.1, 0.15) is 65.2 Å². The Bertz CT molecular complexity index is 395. The molecule has 2 nitrogen and oxygen atoms in total. The monoisotopic (exact) mass is 276 g/mol. The van der Waals surface area contributed by atoms with Crippen molar-refractivity contribution in [1.82, 2.24) is 5.32 Å². The second-order valence-corrected chi connectivity index (χ2v) is 8.80. The third-order valence-electron chi connectivity index (χ3n) is 8.23. The summed E-state index contributed by atoms with van der Waals surface area (Å²) in [5.74, 6) is 2.87. The minimum atomic E-state index is 0.465. The zero-order chi connectivity index (χ0) is 14.0. The third kappa shape index (κ3) is 1.64. The second-order valence-electron chi connectivity index (χ2n) is 8.80. The van der Waals surface area contributed by atoms with Crippen molar-refractivity contribution in [1.29, 1.82) is 0 Å². The first-order chi connectivity index (χ1) is 9.56. The fourth-order valence-electron chi connectivity index (χ4n) is 6.94. The summed E-state index contributed by atoms with van der Waals surface area (Å²) < 4.78 is 0. The number of rotatable bonds is 0. The van der Waals surface area contributed by atoms with Gasteiger partial charge in [0.2, 0.25) is 0 Å². The predicted molar refractivity (Wildman–Crippen MR) is 83.4 cm³/mol. The van der Waals surface area contributed by atoms with Crippen LogP contribution in [-0.4, -0.2) is 18.6 Å². The average molecular weight is 276 g/mol. The first kappa shape index (κ1) is 13.6. The van der Waals surface area contributed by atoms with Crippen molar-refractivity contribution in [2.45, 2.75) is 77.3 Å². The highest BCUT2D eigenvalue weighted by molar-refractivity contribution is 5.11. The van der Waals surface area contributed by atoms with E-state index in [2.05, 4.69) is 19.2 Å². The number of hydrogen-bond acceptors (Lipinski definition) is 2. The molecule has 1 heterocycles. The zero-order valence-corrected chi connectivity index (χ0v) is 13.3. The molecule has 7 atom stereocenters. The van der Waals surface area contributed by atoms with Gasteiger partial charge in [-0.15, -0.1) is 0 Å². The summed E-state index contributed by atoms with van der Waals surface area (Å²) in [6, 6.07) is 1.28. The van der Waals surface area contributed by atoms with Gasteiger partial charge in [0.05, 0.1) is 0 Å². The van der Waals surface area contributed by atoms with Gasteiger partial charge < -0.3 is 11.1 Å². The summed E-state index contributed by atoms with van der Waals surface area (Å²) in [6.07, 6.45) is 11.3. The van der Waals surface area contributed by atoms with Crippen molar-refractivity contribution in [3.8, 4) is 0 Å². The van der Waals surface area contributed by atoms with E-state index in [1.54, 1.807) is 0 Å². The highest BCUT2D eigenvalue weighted by atomic mass is 15.0. The van der Waals surface area contributed by atoms with E-state index < -0.39 is 0 Å². The van der Waals surface area contributed by atoms with E-state index in [1.165, 1.54) is 57.9 Å². The molecule has 3 N–H and O–H groups in total. The van der Waals surface area contributed by atoms with Crippen LogP contribution in [0.25, 0.3) is 0 Å². The van der Waals surface area contributed by atoms with Crippen molar-refractivity contribution in [2.24, 2.45) is 34.3 Å². The Morgan fingerprint density at radius 1 is 0.900 bits per heavy atom. The van der Waals surface area contributed by atoms with Crippen molar-refractivity contribution < 1.29 is 0 Å². The zero-order valence-electron chi connectivity index (χ0n) is 13.3. The van der Waals surface area contributed by atoms with Gasteiger partial charge in [-0.2, -0.15) is 0 Å². The summed E-state index contributed by atoms with van der Waals surface area (Å²) in [4.78, 5) is 0. The molecule has 4 fully saturated rings. The SMILES string of the molecule is C[C@]12CCCNC1CC[C@@H]1[C@H]2CC[C@]2(C)C(N)CC[C@@H]12. The van der Waals surface area contributed by atoms with E-state index in [9.17, 15) is 0 Å². The van der Waals surface area contributed by atoms with Crippen LogP contribution in [0, 0.1) is 28.6 Å². The Morgan fingerprint density at radius 3 is 2.55 bits per heavy atom. The molecule has 0 aromatic heterocycles. The Balaban J connectivity index is 1.64. The lowest BCUT2D eigenvalue weighted by atomic mass is 9.47. The molecule has 2 heteroatoms. The molecule has 114 valence electrons. The van der Waals surface area contributed by atoms with Crippen LogP contribution in [0.3, 0.4) is 0 Å². The summed E-state index contributed by atoms with van der Waals surface area (Å²) >= 11 is 0. The van der Waals surface area contributed by atoms with Crippen molar-refractivity contribution in [3.63, 3.8) is 0 Å². The van der Waals surface area contributed by atoms with Crippen LogP contribution in [-0.2, 0) is 0 Å². The van der Waals surface area contributed by atoms with Gasteiger partial charge in [0, 0.05) is 12.1 Å². The lowest BCUT2D eigenvalue weighted by Gasteiger charge is -2.60. The van der Waals surface area contributed by atoms with Crippen LogP contribution in [0.5, 0.6) is 0 Å². The van der Waals surface area contributed by atoms with Crippen LogP contribution in [0.2, 0.25) is 0 Å². The predicted octanol–water partition coefficient (Wildman–Crippen LogP) is 3.31.